The third kappa shape index (κ3) is 2.35. The van der Waals surface area contributed by atoms with E-state index in [-0.39, 0.29) is 17.9 Å². The van der Waals surface area contributed by atoms with E-state index in [0.717, 1.165) is 0 Å². The number of carbonyl (C=O) groups is 1. The first-order valence-corrected chi connectivity index (χ1v) is 3.37. The van der Waals surface area contributed by atoms with E-state index in [4.69, 9.17) is 4.74 Å². The zero-order valence-electron chi connectivity index (χ0n) is 6.97. The molecule has 0 aromatic carbocycles. The van der Waals surface area contributed by atoms with Crippen LogP contribution in [0, 0.1) is 5.92 Å². The van der Waals surface area contributed by atoms with Crippen molar-refractivity contribution in [2.75, 3.05) is 14.2 Å². The van der Waals surface area contributed by atoms with Crippen LogP contribution in [-0.4, -0.2) is 26.2 Å². The van der Waals surface area contributed by atoms with Gasteiger partial charge in [0, 0.05) is 14.2 Å². The van der Waals surface area contributed by atoms with Crippen molar-refractivity contribution in [3.05, 3.63) is 0 Å². The number of carbonyl (C=O) groups excluding carboxylic acids is 1. The van der Waals surface area contributed by atoms with Crippen LogP contribution in [0.3, 0.4) is 0 Å². The molecule has 0 heterocycles. The predicted molar refractivity (Wildman–Crippen MR) is 39.7 cm³/mol. The van der Waals surface area contributed by atoms with Gasteiger partial charge in [0.1, 0.15) is 6.10 Å². The van der Waals surface area contributed by atoms with Crippen molar-refractivity contribution in [2.24, 2.45) is 5.92 Å². The van der Waals surface area contributed by atoms with Crippen LogP contribution < -0.4 is 5.32 Å². The number of amides is 1. The number of rotatable bonds is 3. The normalized spacial score (nSPS) is 13.3. The van der Waals surface area contributed by atoms with Crippen LogP contribution in [0.15, 0.2) is 0 Å². The van der Waals surface area contributed by atoms with Crippen molar-refractivity contribution in [3.63, 3.8) is 0 Å². The van der Waals surface area contributed by atoms with Gasteiger partial charge in [0.25, 0.3) is 0 Å². The summed E-state index contributed by atoms with van der Waals surface area (Å²) in [6.45, 7) is 3.90. The fourth-order valence-corrected chi connectivity index (χ4v) is 0.824. The van der Waals surface area contributed by atoms with Gasteiger partial charge < -0.3 is 10.1 Å². The van der Waals surface area contributed by atoms with Crippen molar-refractivity contribution in [1.82, 2.24) is 5.32 Å². The zero-order valence-corrected chi connectivity index (χ0v) is 6.97. The van der Waals surface area contributed by atoms with Crippen LogP contribution >= 0.6 is 0 Å². The molecule has 0 aromatic rings. The van der Waals surface area contributed by atoms with Crippen molar-refractivity contribution in [1.29, 1.82) is 0 Å². The number of hydrogen-bond acceptors (Lipinski definition) is 2. The Labute approximate surface area is 61.8 Å². The van der Waals surface area contributed by atoms with Crippen LogP contribution in [0.4, 0.5) is 0 Å². The van der Waals surface area contributed by atoms with Crippen LogP contribution in [0.2, 0.25) is 0 Å². The molecule has 0 saturated carbocycles. The molecule has 60 valence electrons. The van der Waals surface area contributed by atoms with Crippen molar-refractivity contribution in [3.8, 4) is 0 Å². The lowest BCUT2D eigenvalue weighted by Crippen LogP contribution is -2.36. The Morgan fingerprint density at radius 1 is 1.50 bits per heavy atom. The third-order valence-electron chi connectivity index (χ3n) is 1.36. The van der Waals surface area contributed by atoms with Gasteiger partial charge in [-0.25, -0.2) is 0 Å². The molecule has 0 aliphatic carbocycles. The third-order valence-corrected chi connectivity index (χ3v) is 1.36. The summed E-state index contributed by atoms with van der Waals surface area (Å²) < 4.78 is 4.95. The lowest BCUT2D eigenvalue weighted by atomic mass is 10.1. The summed E-state index contributed by atoms with van der Waals surface area (Å²) in [6.07, 6.45) is -0.315. The second-order valence-electron chi connectivity index (χ2n) is 2.51. The lowest BCUT2D eigenvalue weighted by Gasteiger charge is -2.16. The van der Waals surface area contributed by atoms with Crippen LogP contribution in [0.5, 0.6) is 0 Å². The molecular formula is C7H15NO2. The second kappa shape index (κ2) is 4.28. The van der Waals surface area contributed by atoms with E-state index < -0.39 is 0 Å². The molecule has 0 fully saturated rings. The van der Waals surface area contributed by atoms with Gasteiger partial charge in [-0.15, -0.1) is 0 Å². The van der Waals surface area contributed by atoms with E-state index >= 15 is 0 Å². The zero-order chi connectivity index (χ0) is 8.15. The number of methoxy groups -OCH3 is 1. The summed E-state index contributed by atoms with van der Waals surface area (Å²) in [5, 5.41) is 2.53. The minimum Gasteiger partial charge on any atom is -0.371 e. The Morgan fingerprint density at radius 3 is 2.10 bits per heavy atom. The average molecular weight is 145 g/mol. The summed E-state index contributed by atoms with van der Waals surface area (Å²) in [4.78, 5) is 10.9. The predicted octanol–water partition coefficient (Wildman–Crippen LogP) is 0.403. The molecule has 10 heavy (non-hydrogen) atoms. The monoisotopic (exact) mass is 145 g/mol. The Hall–Kier alpha value is -0.570. The summed E-state index contributed by atoms with van der Waals surface area (Å²) in [5.74, 6) is 0.169. The molecule has 0 saturated heterocycles. The van der Waals surface area contributed by atoms with Crippen LogP contribution in [-0.2, 0) is 9.53 Å². The first-order valence-electron chi connectivity index (χ1n) is 3.37. The number of ether oxygens (including phenoxy) is 1. The van der Waals surface area contributed by atoms with Crippen molar-refractivity contribution in [2.45, 2.75) is 20.0 Å². The van der Waals surface area contributed by atoms with Gasteiger partial charge in [-0.2, -0.15) is 0 Å². The second-order valence-corrected chi connectivity index (χ2v) is 2.51. The smallest absolute Gasteiger partial charge is 0.249 e. The highest BCUT2D eigenvalue weighted by Crippen LogP contribution is 2.04. The van der Waals surface area contributed by atoms with Crippen molar-refractivity contribution < 1.29 is 9.53 Å². The summed E-state index contributed by atoms with van der Waals surface area (Å²) in [7, 11) is 3.15. The van der Waals surface area contributed by atoms with Crippen molar-refractivity contribution >= 4 is 5.91 Å². The van der Waals surface area contributed by atoms with Crippen LogP contribution in [0.1, 0.15) is 13.8 Å². The molecule has 1 unspecified atom stereocenters. The Kier molecular flexibility index (Phi) is 4.03. The van der Waals surface area contributed by atoms with Crippen LogP contribution in [0.25, 0.3) is 0 Å². The van der Waals surface area contributed by atoms with Gasteiger partial charge >= 0.3 is 0 Å². The molecule has 0 aromatic heterocycles. The quantitative estimate of drug-likeness (QED) is 0.624. The van der Waals surface area contributed by atoms with Gasteiger partial charge in [0.15, 0.2) is 0 Å². The standard InChI is InChI=1S/C7H15NO2/c1-5(2)6(10-4)7(9)8-3/h5-6H,1-4H3,(H,8,9). The van der Waals surface area contributed by atoms with E-state index in [0.29, 0.717) is 0 Å². The molecular weight excluding hydrogens is 130 g/mol. The molecule has 0 aliphatic rings. The molecule has 1 N–H and O–H groups in total. The van der Waals surface area contributed by atoms with Gasteiger partial charge in [-0.3, -0.25) is 4.79 Å². The maximum Gasteiger partial charge on any atom is 0.249 e. The molecule has 0 bridgehead atoms. The van der Waals surface area contributed by atoms with E-state index in [1.165, 1.54) is 0 Å². The largest absolute Gasteiger partial charge is 0.371 e. The number of likely N-dealkylation sites (N-methyl/N-ethyl adjacent to an activating group) is 1. The van der Waals surface area contributed by atoms with Gasteiger partial charge in [-0.05, 0) is 5.92 Å². The van der Waals surface area contributed by atoms with E-state index in [1.54, 1.807) is 14.2 Å². The Morgan fingerprint density at radius 2 is 2.00 bits per heavy atom. The molecule has 0 radical (unpaired) electrons. The lowest BCUT2D eigenvalue weighted by molar-refractivity contribution is -0.132. The maximum atomic E-state index is 10.9. The summed E-state index contributed by atoms with van der Waals surface area (Å²) >= 11 is 0. The Bertz CT molecular complexity index is 112. The number of nitrogens with one attached hydrogen (secondary N) is 1. The SMILES string of the molecule is CNC(=O)C(OC)C(C)C. The molecule has 1 atom stereocenters. The highest BCUT2D eigenvalue weighted by molar-refractivity contribution is 5.80. The maximum absolute atomic E-state index is 10.9. The van der Waals surface area contributed by atoms with E-state index in [1.807, 2.05) is 13.8 Å². The van der Waals surface area contributed by atoms with E-state index in [2.05, 4.69) is 5.32 Å². The molecule has 0 spiro atoms. The topological polar surface area (TPSA) is 38.3 Å². The van der Waals surface area contributed by atoms with Gasteiger partial charge in [0.2, 0.25) is 5.91 Å². The van der Waals surface area contributed by atoms with Gasteiger partial charge in [0.05, 0.1) is 0 Å². The molecule has 0 aliphatic heterocycles. The molecule has 3 heteroatoms. The Balaban J connectivity index is 3.93. The first-order chi connectivity index (χ1) is 4.63. The molecule has 3 nitrogen and oxygen atoms in total. The first kappa shape index (κ1) is 9.43. The minimum atomic E-state index is -0.315. The highest BCUT2D eigenvalue weighted by atomic mass is 16.5. The minimum absolute atomic E-state index is 0.0579. The summed E-state index contributed by atoms with van der Waals surface area (Å²) in [5.41, 5.74) is 0. The number of hydrogen-bond donors (Lipinski definition) is 1. The fraction of sp³-hybridized carbons (Fsp3) is 0.857. The fourth-order valence-electron chi connectivity index (χ4n) is 0.824. The summed E-state index contributed by atoms with van der Waals surface area (Å²) in [6, 6.07) is 0. The molecule has 0 rings (SSSR count). The molecule has 1 amide bonds. The van der Waals surface area contributed by atoms with E-state index in [9.17, 15) is 4.79 Å². The van der Waals surface area contributed by atoms with Gasteiger partial charge in [-0.1, -0.05) is 13.8 Å². The highest BCUT2D eigenvalue weighted by Gasteiger charge is 2.19. The average Bonchev–Trinajstić information content (AvgIpc) is 1.88.